The molecule has 1 amide bonds. The van der Waals surface area contributed by atoms with Crippen LogP contribution in [-0.4, -0.2) is 76.3 Å². The second-order valence-corrected chi connectivity index (χ2v) is 7.60. The number of halogens is 1. The third-order valence-corrected chi connectivity index (χ3v) is 5.85. The van der Waals surface area contributed by atoms with E-state index in [9.17, 15) is 9.59 Å². The van der Waals surface area contributed by atoms with Crippen LogP contribution in [0.1, 0.15) is 22.0 Å². The average molecular weight is 463 g/mol. The van der Waals surface area contributed by atoms with Crippen molar-refractivity contribution in [3.05, 3.63) is 52.5 Å². The Hall–Kier alpha value is -2.97. The van der Waals surface area contributed by atoms with Crippen LogP contribution in [0.4, 0.5) is 0 Å². The third-order valence-electron chi connectivity index (χ3n) is 5.50. The number of esters is 1. The van der Waals surface area contributed by atoms with Gasteiger partial charge in [0.05, 0.1) is 28.4 Å². The lowest BCUT2D eigenvalue weighted by atomic mass is 10.0. The van der Waals surface area contributed by atoms with Crippen molar-refractivity contribution < 1.29 is 28.5 Å². The van der Waals surface area contributed by atoms with Gasteiger partial charge in [0.25, 0.3) is 5.91 Å². The molecule has 1 heterocycles. The van der Waals surface area contributed by atoms with Gasteiger partial charge in [0.15, 0.2) is 11.5 Å². The molecule has 1 atom stereocenters. The number of rotatable bonds is 7. The van der Waals surface area contributed by atoms with Crippen LogP contribution in [0.25, 0.3) is 0 Å². The van der Waals surface area contributed by atoms with E-state index in [2.05, 4.69) is 0 Å². The Morgan fingerprint density at radius 3 is 2.00 bits per heavy atom. The maximum atomic E-state index is 13.2. The normalized spacial score (nSPS) is 15.1. The predicted molar refractivity (Wildman–Crippen MR) is 120 cm³/mol. The first-order chi connectivity index (χ1) is 15.4. The van der Waals surface area contributed by atoms with Gasteiger partial charge in [-0.25, -0.2) is 4.79 Å². The van der Waals surface area contributed by atoms with Crippen LogP contribution in [0.3, 0.4) is 0 Å². The highest BCUT2D eigenvalue weighted by Crippen LogP contribution is 2.38. The van der Waals surface area contributed by atoms with Gasteiger partial charge in [-0.1, -0.05) is 29.8 Å². The van der Waals surface area contributed by atoms with Gasteiger partial charge >= 0.3 is 5.97 Å². The van der Waals surface area contributed by atoms with Gasteiger partial charge in [-0.3, -0.25) is 9.69 Å². The first kappa shape index (κ1) is 23.7. The van der Waals surface area contributed by atoms with Crippen molar-refractivity contribution in [3.63, 3.8) is 0 Å². The van der Waals surface area contributed by atoms with Gasteiger partial charge < -0.3 is 23.8 Å². The molecule has 2 aromatic carbocycles. The summed E-state index contributed by atoms with van der Waals surface area (Å²) in [6.07, 6.45) is 0. The predicted octanol–water partition coefficient (Wildman–Crippen LogP) is 3.04. The Labute approximate surface area is 192 Å². The van der Waals surface area contributed by atoms with Gasteiger partial charge in [0, 0.05) is 36.8 Å². The largest absolute Gasteiger partial charge is 0.493 e. The minimum Gasteiger partial charge on any atom is -0.493 e. The molecule has 32 heavy (non-hydrogen) atoms. The van der Waals surface area contributed by atoms with Crippen molar-refractivity contribution in [1.82, 2.24) is 9.80 Å². The summed E-state index contributed by atoms with van der Waals surface area (Å²) in [5, 5.41) is 0.499. The molecule has 0 N–H and O–H groups in total. The molecule has 2 aromatic rings. The maximum absolute atomic E-state index is 13.2. The number of ether oxygens (including phenoxy) is 4. The second-order valence-electron chi connectivity index (χ2n) is 7.19. The zero-order valence-electron chi connectivity index (χ0n) is 18.6. The van der Waals surface area contributed by atoms with E-state index < -0.39 is 6.04 Å². The third kappa shape index (κ3) is 4.76. The van der Waals surface area contributed by atoms with Crippen molar-refractivity contribution in [2.45, 2.75) is 6.04 Å². The Bertz CT molecular complexity index is 950. The molecule has 1 unspecified atom stereocenters. The minimum absolute atomic E-state index is 0.156. The molecule has 0 spiro atoms. The lowest BCUT2D eigenvalue weighted by Crippen LogP contribution is -2.51. The van der Waals surface area contributed by atoms with E-state index in [1.165, 1.54) is 28.4 Å². The fraction of sp³-hybridized carbons (Fsp3) is 0.391. The summed E-state index contributed by atoms with van der Waals surface area (Å²) >= 11 is 6.35. The average Bonchev–Trinajstić information content (AvgIpc) is 2.84. The number of piperazine rings is 1. The lowest BCUT2D eigenvalue weighted by Gasteiger charge is -2.38. The molecule has 3 rings (SSSR count). The Balaban J connectivity index is 1.78. The van der Waals surface area contributed by atoms with Gasteiger partial charge in [-0.05, 0) is 23.8 Å². The Morgan fingerprint density at radius 2 is 1.50 bits per heavy atom. The molecule has 0 bridgehead atoms. The summed E-state index contributed by atoms with van der Waals surface area (Å²) in [6, 6.07) is 9.85. The number of hydrogen-bond acceptors (Lipinski definition) is 7. The second kappa shape index (κ2) is 10.6. The number of hydrogen-bond donors (Lipinski definition) is 0. The first-order valence-corrected chi connectivity index (χ1v) is 10.5. The molecule has 0 saturated carbocycles. The molecule has 172 valence electrons. The van der Waals surface area contributed by atoms with E-state index in [-0.39, 0.29) is 11.9 Å². The molecule has 1 aliphatic heterocycles. The van der Waals surface area contributed by atoms with Crippen molar-refractivity contribution in [3.8, 4) is 17.2 Å². The number of amides is 1. The fourth-order valence-electron chi connectivity index (χ4n) is 3.85. The summed E-state index contributed by atoms with van der Waals surface area (Å²) in [6.45, 7) is 1.85. The minimum atomic E-state index is -0.632. The van der Waals surface area contributed by atoms with Gasteiger partial charge in [0.1, 0.15) is 6.04 Å². The van der Waals surface area contributed by atoms with Crippen molar-refractivity contribution >= 4 is 23.5 Å². The lowest BCUT2D eigenvalue weighted by molar-refractivity contribution is -0.148. The molecule has 0 aromatic heterocycles. The smallest absolute Gasteiger partial charge is 0.327 e. The van der Waals surface area contributed by atoms with Crippen molar-refractivity contribution in [2.24, 2.45) is 0 Å². The van der Waals surface area contributed by atoms with Crippen LogP contribution < -0.4 is 14.2 Å². The highest BCUT2D eigenvalue weighted by Gasteiger charge is 2.34. The van der Waals surface area contributed by atoms with Crippen LogP contribution in [0.2, 0.25) is 5.02 Å². The van der Waals surface area contributed by atoms with E-state index in [1.807, 2.05) is 23.1 Å². The highest BCUT2D eigenvalue weighted by molar-refractivity contribution is 6.31. The van der Waals surface area contributed by atoms with E-state index >= 15 is 0 Å². The van der Waals surface area contributed by atoms with E-state index in [0.29, 0.717) is 59.6 Å². The topological polar surface area (TPSA) is 77.5 Å². The van der Waals surface area contributed by atoms with Crippen LogP contribution in [0.15, 0.2) is 36.4 Å². The zero-order valence-corrected chi connectivity index (χ0v) is 19.3. The number of nitrogens with zero attached hydrogens (tertiary/aromatic N) is 2. The first-order valence-electron chi connectivity index (χ1n) is 10.1. The van der Waals surface area contributed by atoms with Crippen LogP contribution in [-0.2, 0) is 9.53 Å². The standard InChI is InChI=1S/C23H27ClN2O6/c1-29-18-13-15(14-19(30-2)21(18)31-3)22(27)26-11-9-25(10-12-26)20(23(28)32-4)16-7-5-6-8-17(16)24/h5-8,13-14,20H,9-12H2,1-4H3. The Morgan fingerprint density at radius 1 is 0.906 bits per heavy atom. The molecule has 8 nitrogen and oxygen atoms in total. The number of carbonyl (C=O) groups excluding carboxylic acids is 2. The van der Waals surface area contributed by atoms with E-state index in [4.69, 9.17) is 30.5 Å². The molecule has 1 saturated heterocycles. The molecule has 0 radical (unpaired) electrons. The summed E-state index contributed by atoms with van der Waals surface area (Å²) in [5.74, 6) is 0.715. The van der Waals surface area contributed by atoms with Crippen LogP contribution in [0.5, 0.6) is 17.2 Å². The highest BCUT2D eigenvalue weighted by atomic mass is 35.5. The summed E-state index contributed by atoms with van der Waals surface area (Å²) in [5.41, 5.74) is 1.12. The maximum Gasteiger partial charge on any atom is 0.327 e. The van der Waals surface area contributed by atoms with Crippen LogP contribution >= 0.6 is 11.6 Å². The summed E-state index contributed by atoms with van der Waals surface area (Å²) in [7, 11) is 5.88. The van der Waals surface area contributed by atoms with Crippen LogP contribution in [0, 0.1) is 0 Å². The zero-order chi connectivity index (χ0) is 23.3. The molecular weight excluding hydrogens is 436 g/mol. The molecule has 9 heteroatoms. The fourth-order valence-corrected chi connectivity index (χ4v) is 4.09. The molecule has 1 aliphatic rings. The van der Waals surface area contributed by atoms with Gasteiger partial charge in [-0.15, -0.1) is 0 Å². The summed E-state index contributed by atoms with van der Waals surface area (Å²) < 4.78 is 21.1. The van der Waals surface area contributed by atoms with Gasteiger partial charge in [0.2, 0.25) is 5.75 Å². The number of carbonyl (C=O) groups is 2. The summed E-state index contributed by atoms with van der Waals surface area (Å²) in [4.78, 5) is 29.4. The number of benzene rings is 2. The van der Waals surface area contributed by atoms with Crippen molar-refractivity contribution in [2.75, 3.05) is 54.6 Å². The monoisotopic (exact) mass is 462 g/mol. The molecule has 0 aliphatic carbocycles. The molecule has 1 fully saturated rings. The Kier molecular flexibility index (Phi) is 7.82. The number of methoxy groups -OCH3 is 4. The van der Waals surface area contributed by atoms with E-state index in [0.717, 1.165) is 0 Å². The van der Waals surface area contributed by atoms with Crippen molar-refractivity contribution in [1.29, 1.82) is 0 Å². The molecular formula is C23H27ClN2O6. The SMILES string of the molecule is COC(=O)C(c1ccccc1Cl)N1CCN(C(=O)c2cc(OC)c(OC)c(OC)c2)CC1. The quantitative estimate of drug-likeness (QED) is 0.585. The van der Waals surface area contributed by atoms with Gasteiger partial charge in [-0.2, -0.15) is 0 Å². The van der Waals surface area contributed by atoms with E-state index in [1.54, 1.807) is 23.1 Å².